The molecule has 1 aromatic carbocycles. The highest BCUT2D eigenvalue weighted by Crippen LogP contribution is 2.38. The van der Waals surface area contributed by atoms with Crippen LogP contribution in [0.1, 0.15) is 24.3 Å². The molecule has 1 saturated carbocycles. The number of nitrogens with one attached hydrogen (secondary N) is 1. The van der Waals surface area contributed by atoms with Crippen molar-refractivity contribution >= 4 is 47.8 Å². The summed E-state index contributed by atoms with van der Waals surface area (Å²) >= 11 is 0.619. The number of sulfone groups is 1. The summed E-state index contributed by atoms with van der Waals surface area (Å²) in [5.41, 5.74) is -0.455. The molecule has 180 valence electrons. The summed E-state index contributed by atoms with van der Waals surface area (Å²) in [5.74, 6) is -0.187. The lowest BCUT2D eigenvalue weighted by Gasteiger charge is -2.29. The number of fused-ring (bicyclic) bond motifs is 1. The fraction of sp³-hybridized carbons (Fsp3) is 0.444. The summed E-state index contributed by atoms with van der Waals surface area (Å²) in [6.45, 7) is 0.298. The molecule has 1 aliphatic carbocycles. The lowest BCUT2D eigenvalue weighted by molar-refractivity contribution is 0.150. The van der Waals surface area contributed by atoms with Gasteiger partial charge < -0.3 is 4.90 Å². The van der Waals surface area contributed by atoms with E-state index in [1.165, 1.54) is 23.0 Å². The van der Waals surface area contributed by atoms with E-state index in [1.54, 1.807) is 4.90 Å². The number of hydrogen-bond acceptors (Lipinski definition) is 10. The Labute approximate surface area is 197 Å². The van der Waals surface area contributed by atoms with Crippen LogP contribution >= 0.6 is 11.3 Å². The van der Waals surface area contributed by atoms with Crippen molar-refractivity contribution < 1.29 is 25.6 Å². The van der Waals surface area contributed by atoms with Crippen LogP contribution in [0.3, 0.4) is 0 Å². The summed E-state index contributed by atoms with van der Waals surface area (Å²) in [4.78, 5) is 1.58. The minimum atomic E-state index is -4.14. The molecule has 16 heteroatoms. The van der Waals surface area contributed by atoms with Gasteiger partial charge in [-0.15, -0.1) is 10.2 Å². The Balaban J connectivity index is 1.65. The number of hydrogen-bond donors (Lipinski definition) is 1. The predicted molar refractivity (Wildman–Crippen MR) is 118 cm³/mol. The van der Waals surface area contributed by atoms with Crippen molar-refractivity contribution in [3.63, 3.8) is 0 Å². The lowest BCUT2D eigenvalue weighted by Crippen LogP contribution is -2.40. The minimum absolute atomic E-state index is 0.0238. The highest BCUT2D eigenvalue weighted by Gasteiger charge is 2.47. The molecule has 11 nitrogen and oxygen atoms in total. The van der Waals surface area contributed by atoms with Crippen LogP contribution in [0.4, 0.5) is 14.5 Å². The maximum Gasteiger partial charge on any atom is 0.291 e. The maximum atomic E-state index is 13.2. The Morgan fingerprint density at radius 3 is 2.50 bits per heavy atom. The maximum absolute atomic E-state index is 13.2. The van der Waals surface area contributed by atoms with Crippen LogP contribution in [0.15, 0.2) is 23.2 Å². The molecule has 0 bridgehead atoms. The second kappa shape index (κ2) is 7.90. The summed E-state index contributed by atoms with van der Waals surface area (Å²) in [5, 5.41) is 20.8. The molecule has 2 aromatic heterocycles. The van der Waals surface area contributed by atoms with E-state index in [1.807, 2.05) is 6.07 Å². The van der Waals surface area contributed by atoms with Crippen molar-refractivity contribution in [2.24, 2.45) is 0 Å². The minimum Gasteiger partial charge on any atom is -0.369 e. The van der Waals surface area contributed by atoms with Crippen LogP contribution in [0.25, 0.3) is 16.0 Å². The normalized spacial score (nSPS) is 19.4. The van der Waals surface area contributed by atoms with Gasteiger partial charge in [0.15, 0.2) is 14.8 Å². The van der Waals surface area contributed by atoms with Crippen molar-refractivity contribution in [3.8, 4) is 11.2 Å². The van der Waals surface area contributed by atoms with Gasteiger partial charge in [0.05, 0.1) is 34.2 Å². The van der Waals surface area contributed by atoms with Gasteiger partial charge in [-0.3, -0.25) is 0 Å². The summed E-state index contributed by atoms with van der Waals surface area (Å²) in [6, 6.07) is 4.71. The lowest BCUT2D eigenvalue weighted by atomic mass is 10.2. The smallest absolute Gasteiger partial charge is 0.291 e. The molecular formula is C18H17F2N7O4S3. The van der Waals surface area contributed by atoms with E-state index in [2.05, 4.69) is 20.0 Å². The van der Waals surface area contributed by atoms with Gasteiger partial charge in [0, 0.05) is 24.2 Å². The molecular weight excluding hydrogens is 512 g/mol. The van der Waals surface area contributed by atoms with Gasteiger partial charge in [-0.05, 0) is 25.0 Å². The average Bonchev–Trinajstić information content (AvgIpc) is 3.19. The molecule has 2 fully saturated rings. The fourth-order valence-electron chi connectivity index (χ4n) is 3.68. The van der Waals surface area contributed by atoms with Gasteiger partial charge in [-0.25, -0.2) is 30.3 Å². The van der Waals surface area contributed by atoms with Crippen molar-refractivity contribution in [3.05, 3.63) is 23.3 Å². The first-order chi connectivity index (χ1) is 16.0. The van der Waals surface area contributed by atoms with E-state index >= 15 is 0 Å². The van der Waals surface area contributed by atoms with Gasteiger partial charge in [0.1, 0.15) is 5.54 Å². The Morgan fingerprint density at radius 1 is 1.21 bits per heavy atom. The first kappa shape index (κ1) is 23.0. The van der Waals surface area contributed by atoms with Gasteiger partial charge in [0.2, 0.25) is 15.2 Å². The topological polar surface area (TPSA) is 151 Å². The molecule has 3 aromatic rings. The molecule has 0 atom stereocenters. The standard InChI is InChI=1S/C18H17F2N7O4S3/c19-15(20)16-23-24-17(32-16)27-14-8-11(34(30,31)25-18(10-21)1-2-18)7-13(12(14)9-22-27)26-3-5-33(28,29)6-4-26/h7-9,15,25H,1-6H2. The SMILES string of the molecule is N#CC1(NS(=O)(=O)c2cc(N3CCS(=O)(=O)CC3)c3cnn(-c4nnc(C(F)F)s4)c3c2)CC1. The Hall–Kier alpha value is -2.74. The molecule has 0 spiro atoms. The van der Waals surface area contributed by atoms with Gasteiger partial charge in [0.25, 0.3) is 6.43 Å². The number of halogens is 2. The Bertz CT molecular complexity index is 1520. The van der Waals surface area contributed by atoms with Crippen LogP contribution in [0, 0.1) is 11.3 Å². The zero-order valence-electron chi connectivity index (χ0n) is 17.3. The van der Waals surface area contributed by atoms with E-state index in [9.17, 15) is 30.9 Å². The second-order valence-corrected chi connectivity index (χ2v) is 13.1. The molecule has 3 heterocycles. The van der Waals surface area contributed by atoms with E-state index in [4.69, 9.17) is 0 Å². The zero-order valence-corrected chi connectivity index (χ0v) is 19.8. The van der Waals surface area contributed by atoms with Crippen molar-refractivity contribution in [2.45, 2.75) is 29.7 Å². The first-order valence-electron chi connectivity index (χ1n) is 10.1. The third-order valence-electron chi connectivity index (χ3n) is 5.73. The zero-order chi connectivity index (χ0) is 24.3. The summed E-state index contributed by atoms with van der Waals surface area (Å²) in [6.07, 6.45) is -0.597. The Kier molecular flexibility index (Phi) is 5.35. The van der Waals surface area contributed by atoms with Crippen molar-refractivity contribution in [1.82, 2.24) is 24.7 Å². The number of aromatic nitrogens is 4. The molecule has 0 amide bonds. The number of nitrogens with zero attached hydrogens (tertiary/aromatic N) is 6. The highest BCUT2D eigenvalue weighted by molar-refractivity contribution is 7.91. The Morgan fingerprint density at radius 2 is 1.91 bits per heavy atom. The van der Waals surface area contributed by atoms with Crippen LogP contribution in [0.5, 0.6) is 0 Å². The first-order valence-corrected chi connectivity index (χ1v) is 14.2. The van der Waals surface area contributed by atoms with E-state index in [0.717, 1.165) is 0 Å². The molecule has 1 saturated heterocycles. The largest absolute Gasteiger partial charge is 0.369 e. The van der Waals surface area contributed by atoms with Crippen molar-refractivity contribution in [1.29, 1.82) is 5.26 Å². The molecule has 0 unspecified atom stereocenters. The second-order valence-electron chi connectivity index (χ2n) is 8.09. The van der Waals surface area contributed by atoms with E-state index < -0.39 is 36.8 Å². The summed E-state index contributed by atoms with van der Waals surface area (Å²) < 4.78 is 79.8. The predicted octanol–water partition coefficient (Wildman–Crippen LogP) is 1.38. The van der Waals surface area contributed by atoms with E-state index in [-0.39, 0.29) is 40.1 Å². The number of sulfonamides is 1. The van der Waals surface area contributed by atoms with Crippen LogP contribution < -0.4 is 9.62 Å². The highest BCUT2D eigenvalue weighted by atomic mass is 32.2. The summed E-state index contributed by atoms with van der Waals surface area (Å²) in [7, 11) is -7.33. The molecule has 1 aliphatic heterocycles. The van der Waals surface area contributed by atoms with Crippen LogP contribution in [0.2, 0.25) is 0 Å². The molecule has 2 aliphatic rings. The quantitative estimate of drug-likeness (QED) is 0.499. The molecule has 34 heavy (non-hydrogen) atoms. The third-order valence-corrected chi connectivity index (χ3v) is 9.76. The van der Waals surface area contributed by atoms with Gasteiger partial charge >= 0.3 is 0 Å². The average molecular weight is 530 g/mol. The van der Waals surface area contributed by atoms with Crippen LogP contribution in [-0.2, 0) is 19.9 Å². The molecule has 5 rings (SSSR count). The number of benzene rings is 1. The molecule has 1 N–H and O–H groups in total. The van der Waals surface area contributed by atoms with E-state index in [0.29, 0.717) is 35.3 Å². The van der Waals surface area contributed by atoms with Gasteiger partial charge in [-0.2, -0.15) is 15.1 Å². The monoisotopic (exact) mass is 529 g/mol. The number of rotatable bonds is 6. The number of anilines is 1. The molecule has 0 radical (unpaired) electrons. The van der Waals surface area contributed by atoms with Gasteiger partial charge in [-0.1, -0.05) is 11.3 Å². The van der Waals surface area contributed by atoms with Crippen LogP contribution in [-0.4, -0.2) is 66.9 Å². The third kappa shape index (κ3) is 4.13. The fourth-order valence-corrected chi connectivity index (χ4v) is 6.97. The van der Waals surface area contributed by atoms with Crippen molar-refractivity contribution in [2.75, 3.05) is 29.5 Å². The number of nitriles is 1. The number of alkyl halides is 2.